The number of urea groups is 1. The van der Waals surface area contributed by atoms with E-state index < -0.39 is 6.03 Å². The average Bonchev–Trinajstić information content (AvgIpc) is 3.36. The molecule has 9 nitrogen and oxygen atoms in total. The van der Waals surface area contributed by atoms with E-state index in [2.05, 4.69) is 20.8 Å². The second kappa shape index (κ2) is 8.19. The molecular weight excluding hydrogens is 422 g/mol. The Kier molecular flexibility index (Phi) is 5.06. The first-order chi connectivity index (χ1) is 16.0. The van der Waals surface area contributed by atoms with E-state index in [-0.39, 0.29) is 30.6 Å². The number of carbonyl (C=O) groups is 3. The minimum Gasteiger partial charge on any atom is -0.335 e. The van der Waals surface area contributed by atoms with Gasteiger partial charge in [-0.3, -0.25) is 14.5 Å². The Balaban J connectivity index is 1.45. The van der Waals surface area contributed by atoms with Crippen LogP contribution in [0.5, 0.6) is 0 Å². The maximum Gasteiger partial charge on any atom is 0.324 e. The minimum absolute atomic E-state index is 0.00483. The van der Waals surface area contributed by atoms with Crippen molar-refractivity contribution in [3.05, 3.63) is 77.5 Å². The van der Waals surface area contributed by atoms with Gasteiger partial charge in [-0.05, 0) is 30.7 Å². The number of pyridine rings is 1. The van der Waals surface area contributed by atoms with E-state index in [9.17, 15) is 14.4 Å². The molecule has 1 aliphatic rings. The number of aryl methyl sites for hydroxylation is 1. The Hall–Kier alpha value is -4.53. The SMILES string of the molecule is Cc1noc2nc(-c3ccccc3)cc(C(=O)Nc3cccc(CN4C(=O)CNC4=O)c3)c12. The van der Waals surface area contributed by atoms with Gasteiger partial charge in [-0.25, -0.2) is 9.78 Å². The van der Waals surface area contributed by atoms with Crippen molar-refractivity contribution in [1.29, 1.82) is 0 Å². The van der Waals surface area contributed by atoms with Gasteiger partial charge < -0.3 is 15.2 Å². The van der Waals surface area contributed by atoms with Crippen LogP contribution in [0.1, 0.15) is 21.6 Å². The van der Waals surface area contributed by atoms with Crippen molar-refractivity contribution in [2.75, 3.05) is 11.9 Å². The molecule has 0 bridgehead atoms. The Morgan fingerprint density at radius 1 is 1.12 bits per heavy atom. The van der Waals surface area contributed by atoms with E-state index in [1.54, 1.807) is 37.3 Å². The lowest BCUT2D eigenvalue weighted by molar-refractivity contribution is -0.125. The van der Waals surface area contributed by atoms with Crippen LogP contribution in [0.15, 0.2) is 65.2 Å². The zero-order chi connectivity index (χ0) is 22.9. The smallest absolute Gasteiger partial charge is 0.324 e. The third kappa shape index (κ3) is 3.91. The van der Waals surface area contributed by atoms with Gasteiger partial charge in [0.25, 0.3) is 11.6 Å². The van der Waals surface area contributed by atoms with Crippen LogP contribution in [0.2, 0.25) is 0 Å². The predicted molar refractivity (Wildman–Crippen MR) is 120 cm³/mol. The number of anilines is 1. The number of nitrogens with zero attached hydrogens (tertiary/aromatic N) is 3. The van der Waals surface area contributed by atoms with Crippen LogP contribution < -0.4 is 10.6 Å². The van der Waals surface area contributed by atoms with Crippen LogP contribution >= 0.6 is 0 Å². The highest BCUT2D eigenvalue weighted by molar-refractivity contribution is 6.13. The highest BCUT2D eigenvalue weighted by Gasteiger charge is 2.28. The summed E-state index contributed by atoms with van der Waals surface area (Å²) in [6.45, 7) is 1.87. The van der Waals surface area contributed by atoms with Gasteiger partial charge in [0.1, 0.15) is 0 Å². The zero-order valence-electron chi connectivity index (χ0n) is 17.7. The second-order valence-corrected chi connectivity index (χ2v) is 7.66. The highest BCUT2D eigenvalue weighted by atomic mass is 16.5. The minimum atomic E-state index is -0.426. The molecule has 2 aromatic carbocycles. The summed E-state index contributed by atoms with van der Waals surface area (Å²) in [6.07, 6.45) is 0. The van der Waals surface area contributed by atoms with E-state index in [0.29, 0.717) is 33.6 Å². The molecule has 0 aliphatic carbocycles. The lowest BCUT2D eigenvalue weighted by Crippen LogP contribution is -2.30. The van der Waals surface area contributed by atoms with Crippen molar-refractivity contribution >= 4 is 34.6 Å². The molecule has 33 heavy (non-hydrogen) atoms. The van der Waals surface area contributed by atoms with Gasteiger partial charge in [-0.1, -0.05) is 47.6 Å². The van der Waals surface area contributed by atoms with Gasteiger partial charge in [0.2, 0.25) is 5.91 Å². The summed E-state index contributed by atoms with van der Waals surface area (Å²) in [7, 11) is 0. The normalized spacial score (nSPS) is 13.4. The predicted octanol–water partition coefficient (Wildman–Crippen LogP) is 3.50. The van der Waals surface area contributed by atoms with Crippen molar-refractivity contribution in [3.8, 4) is 11.3 Å². The molecular formula is C24H19N5O4. The van der Waals surface area contributed by atoms with E-state index >= 15 is 0 Å². The standard InChI is InChI=1S/C24H19N5O4/c1-14-21-18(11-19(27-23(21)33-28-14)16-7-3-2-4-8-16)22(31)26-17-9-5-6-15(10-17)13-29-20(30)12-25-24(29)32/h2-11H,12-13H2,1H3,(H,25,32)(H,26,31). The summed E-state index contributed by atoms with van der Waals surface area (Å²) in [4.78, 5) is 42.6. The van der Waals surface area contributed by atoms with Crippen molar-refractivity contribution in [2.45, 2.75) is 13.5 Å². The molecule has 1 saturated heterocycles. The summed E-state index contributed by atoms with van der Waals surface area (Å²) in [5.41, 5.74) is 3.92. The Labute approximate surface area is 188 Å². The van der Waals surface area contributed by atoms with Crippen molar-refractivity contribution < 1.29 is 18.9 Å². The zero-order valence-corrected chi connectivity index (χ0v) is 17.7. The molecule has 3 heterocycles. The summed E-state index contributed by atoms with van der Waals surface area (Å²) in [6, 6.07) is 17.8. The molecule has 0 unspecified atom stereocenters. The first kappa shape index (κ1) is 20.4. The van der Waals surface area contributed by atoms with E-state index in [4.69, 9.17) is 4.52 Å². The molecule has 0 atom stereocenters. The number of amides is 4. The molecule has 0 saturated carbocycles. The van der Waals surface area contributed by atoms with Crippen LogP contribution in [0.25, 0.3) is 22.4 Å². The number of benzene rings is 2. The number of carbonyl (C=O) groups excluding carboxylic acids is 3. The highest BCUT2D eigenvalue weighted by Crippen LogP contribution is 2.28. The monoisotopic (exact) mass is 441 g/mol. The first-order valence-corrected chi connectivity index (χ1v) is 10.3. The van der Waals surface area contributed by atoms with Gasteiger partial charge in [0, 0.05) is 11.3 Å². The molecule has 2 aromatic heterocycles. The van der Waals surface area contributed by atoms with Crippen LogP contribution in [-0.2, 0) is 11.3 Å². The summed E-state index contributed by atoms with van der Waals surface area (Å²) < 4.78 is 5.35. The van der Waals surface area contributed by atoms with Crippen LogP contribution in [-0.4, -0.2) is 39.4 Å². The van der Waals surface area contributed by atoms with Gasteiger partial charge >= 0.3 is 6.03 Å². The number of fused-ring (bicyclic) bond motifs is 1. The third-order valence-corrected chi connectivity index (χ3v) is 5.39. The number of aromatic nitrogens is 2. The average molecular weight is 441 g/mol. The largest absolute Gasteiger partial charge is 0.335 e. The van der Waals surface area contributed by atoms with Gasteiger partial charge in [-0.2, -0.15) is 0 Å². The Morgan fingerprint density at radius 3 is 2.70 bits per heavy atom. The summed E-state index contributed by atoms with van der Waals surface area (Å²) in [5.74, 6) is -0.636. The van der Waals surface area contributed by atoms with Gasteiger partial charge in [-0.15, -0.1) is 0 Å². The molecule has 0 radical (unpaired) electrons. The number of nitrogens with one attached hydrogen (secondary N) is 2. The lowest BCUT2D eigenvalue weighted by atomic mass is 10.0. The molecule has 0 spiro atoms. The fourth-order valence-corrected chi connectivity index (χ4v) is 3.77. The van der Waals surface area contributed by atoms with Crippen molar-refractivity contribution in [3.63, 3.8) is 0 Å². The molecule has 2 N–H and O–H groups in total. The first-order valence-electron chi connectivity index (χ1n) is 10.3. The summed E-state index contributed by atoms with van der Waals surface area (Å²) in [5, 5.41) is 9.90. The number of rotatable bonds is 5. The quantitative estimate of drug-likeness (QED) is 0.458. The topological polar surface area (TPSA) is 117 Å². The molecule has 4 aromatic rings. The van der Waals surface area contributed by atoms with Gasteiger partial charge in [0.15, 0.2) is 0 Å². The van der Waals surface area contributed by atoms with Crippen LogP contribution in [0, 0.1) is 6.92 Å². The number of imide groups is 1. The number of hydrogen-bond acceptors (Lipinski definition) is 6. The summed E-state index contributed by atoms with van der Waals surface area (Å²) >= 11 is 0. The maximum absolute atomic E-state index is 13.3. The molecule has 1 fully saturated rings. The van der Waals surface area contributed by atoms with Crippen LogP contribution in [0.3, 0.4) is 0 Å². The Bertz CT molecular complexity index is 1380. The van der Waals surface area contributed by atoms with E-state index in [0.717, 1.165) is 10.5 Å². The van der Waals surface area contributed by atoms with Gasteiger partial charge in [0.05, 0.1) is 35.4 Å². The molecule has 4 amide bonds. The fourth-order valence-electron chi connectivity index (χ4n) is 3.77. The third-order valence-electron chi connectivity index (χ3n) is 5.39. The Morgan fingerprint density at radius 2 is 1.94 bits per heavy atom. The van der Waals surface area contributed by atoms with E-state index in [1.165, 1.54) is 0 Å². The van der Waals surface area contributed by atoms with E-state index in [1.807, 2.05) is 30.3 Å². The maximum atomic E-state index is 13.3. The molecule has 9 heteroatoms. The molecule has 5 rings (SSSR count). The van der Waals surface area contributed by atoms with Crippen molar-refractivity contribution in [2.24, 2.45) is 0 Å². The lowest BCUT2D eigenvalue weighted by Gasteiger charge is -2.14. The molecule has 1 aliphatic heterocycles. The second-order valence-electron chi connectivity index (χ2n) is 7.66. The van der Waals surface area contributed by atoms with Crippen molar-refractivity contribution in [1.82, 2.24) is 20.4 Å². The molecule has 164 valence electrons. The van der Waals surface area contributed by atoms with Crippen LogP contribution in [0.4, 0.5) is 10.5 Å². The fraction of sp³-hybridized carbons (Fsp3) is 0.125. The number of hydrogen-bond donors (Lipinski definition) is 2.